The molecule has 2 aromatic rings. The Morgan fingerprint density at radius 1 is 1.15 bits per heavy atom. The summed E-state index contributed by atoms with van der Waals surface area (Å²) in [6.07, 6.45) is 3.45. The number of hydrogen-bond acceptors (Lipinski definition) is 6. The average molecular weight is 563 g/mol. The van der Waals surface area contributed by atoms with Gasteiger partial charge in [-0.2, -0.15) is 0 Å². The Morgan fingerprint density at radius 3 is 2.44 bits per heavy atom. The summed E-state index contributed by atoms with van der Waals surface area (Å²) in [6.45, 7) is 11.3. The normalized spacial score (nSPS) is 15.1. The Bertz CT molecular complexity index is 1110. The molecule has 180 valence electrons. The number of carbonyl (C=O) groups excluding carboxylic acids is 1. The first kappa shape index (κ1) is 26.3. The molecule has 5 nitrogen and oxygen atoms in total. The van der Waals surface area contributed by atoms with Crippen molar-refractivity contribution in [1.82, 2.24) is 4.90 Å². The number of methoxy groups -OCH3 is 1. The third-order valence-electron chi connectivity index (χ3n) is 5.05. The number of benzene rings is 2. The Labute approximate surface area is 219 Å². The molecule has 0 unspecified atom stereocenters. The number of carbonyl (C=O) groups is 1. The summed E-state index contributed by atoms with van der Waals surface area (Å²) in [7, 11) is 1.58. The van der Waals surface area contributed by atoms with Gasteiger partial charge in [0.05, 0.1) is 16.5 Å². The fourth-order valence-electron chi connectivity index (χ4n) is 3.26. The maximum absolute atomic E-state index is 12.6. The van der Waals surface area contributed by atoms with Crippen molar-refractivity contribution in [3.63, 3.8) is 0 Å². The van der Waals surface area contributed by atoms with E-state index in [1.165, 1.54) is 22.2 Å². The molecule has 0 N–H and O–H groups in total. The van der Waals surface area contributed by atoms with Crippen molar-refractivity contribution in [1.29, 1.82) is 0 Å². The number of amides is 1. The lowest BCUT2D eigenvalue weighted by Crippen LogP contribution is -2.27. The van der Waals surface area contributed by atoms with Crippen LogP contribution in [0.3, 0.4) is 0 Å². The van der Waals surface area contributed by atoms with Crippen LogP contribution in [-0.4, -0.2) is 42.0 Å². The highest BCUT2D eigenvalue weighted by Gasteiger charge is 2.31. The van der Waals surface area contributed by atoms with E-state index in [0.29, 0.717) is 45.0 Å². The van der Waals surface area contributed by atoms with Crippen LogP contribution in [0.2, 0.25) is 0 Å². The molecule has 0 aromatic heterocycles. The number of hydrogen-bond donors (Lipinski definition) is 0. The maximum Gasteiger partial charge on any atom is 0.266 e. The van der Waals surface area contributed by atoms with Gasteiger partial charge in [0.15, 0.2) is 11.5 Å². The van der Waals surface area contributed by atoms with E-state index < -0.39 is 0 Å². The minimum Gasteiger partial charge on any atom is -0.493 e. The molecular weight excluding hydrogens is 534 g/mol. The molecule has 0 aliphatic carbocycles. The van der Waals surface area contributed by atoms with E-state index in [1.807, 2.05) is 24.3 Å². The second kappa shape index (κ2) is 11.4. The molecule has 1 amide bonds. The average Bonchev–Trinajstić information content (AvgIpc) is 3.04. The predicted octanol–water partition coefficient (Wildman–Crippen LogP) is 6.60. The fraction of sp³-hybridized carbons (Fsp3) is 0.308. The largest absolute Gasteiger partial charge is 0.493 e. The van der Waals surface area contributed by atoms with Gasteiger partial charge in [0.25, 0.3) is 5.91 Å². The fourth-order valence-corrected chi connectivity index (χ4v) is 5.10. The zero-order valence-corrected chi connectivity index (χ0v) is 22.9. The van der Waals surface area contributed by atoms with Gasteiger partial charge in [0.1, 0.15) is 23.3 Å². The van der Waals surface area contributed by atoms with Crippen LogP contribution >= 0.6 is 39.9 Å². The number of rotatable bonds is 9. The minimum atomic E-state index is -0.127. The van der Waals surface area contributed by atoms with Crippen LogP contribution in [0.15, 0.2) is 58.4 Å². The molecule has 1 saturated heterocycles. The summed E-state index contributed by atoms with van der Waals surface area (Å²) in [5.41, 5.74) is 2.16. The molecule has 1 heterocycles. The van der Waals surface area contributed by atoms with Crippen LogP contribution in [0.5, 0.6) is 17.2 Å². The molecule has 0 bridgehead atoms. The SMILES string of the molecule is C=CCN1C(=O)/C(=C\c2cc(Br)c(OCCOc3ccc(C(C)(C)C)cc3)c(OC)c2)SC1=S. The number of thiocarbonyl (C=S) groups is 1. The van der Waals surface area contributed by atoms with Crippen LogP contribution in [0.25, 0.3) is 6.08 Å². The van der Waals surface area contributed by atoms with Crippen LogP contribution in [-0.2, 0) is 10.2 Å². The number of ether oxygens (including phenoxy) is 3. The lowest BCUT2D eigenvalue weighted by atomic mass is 9.87. The van der Waals surface area contributed by atoms with Gasteiger partial charge in [-0.05, 0) is 62.8 Å². The van der Waals surface area contributed by atoms with Crippen LogP contribution < -0.4 is 14.2 Å². The molecule has 8 heteroatoms. The summed E-state index contributed by atoms with van der Waals surface area (Å²) >= 11 is 10.1. The van der Waals surface area contributed by atoms with E-state index >= 15 is 0 Å². The summed E-state index contributed by atoms with van der Waals surface area (Å²) < 4.78 is 18.5. The second-order valence-electron chi connectivity index (χ2n) is 8.59. The van der Waals surface area contributed by atoms with Gasteiger partial charge in [-0.25, -0.2) is 0 Å². The van der Waals surface area contributed by atoms with Crippen molar-refractivity contribution in [2.24, 2.45) is 0 Å². The van der Waals surface area contributed by atoms with Crippen molar-refractivity contribution >= 4 is 56.2 Å². The highest BCUT2D eigenvalue weighted by atomic mass is 79.9. The predicted molar refractivity (Wildman–Crippen MR) is 147 cm³/mol. The summed E-state index contributed by atoms with van der Waals surface area (Å²) in [4.78, 5) is 14.7. The number of halogens is 1. The molecular formula is C26H28BrNO4S2. The van der Waals surface area contributed by atoms with Crippen molar-refractivity contribution in [3.8, 4) is 17.2 Å². The molecule has 34 heavy (non-hydrogen) atoms. The van der Waals surface area contributed by atoms with Gasteiger partial charge in [0.2, 0.25) is 0 Å². The molecule has 3 rings (SSSR count). The third-order valence-corrected chi connectivity index (χ3v) is 7.02. The molecule has 1 aliphatic rings. The van der Waals surface area contributed by atoms with Crippen LogP contribution in [0.4, 0.5) is 0 Å². The Balaban J connectivity index is 1.64. The smallest absolute Gasteiger partial charge is 0.266 e. The molecule has 1 fully saturated rings. The first-order valence-electron chi connectivity index (χ1n) is 10.7. The lowest BCUT2D eigenvalue weighted by Gasteiger charge is -2.19. The highest BCUT2D eigenvalue weighted by molar-refractivity contribution is 9.10. The second-order valence-corrected chi connectivity index (χ2v) is 11.1. The Kier molecular flexibility index (Phi) is 8.84. The quantitative estimate of drug-likeness (QED) is 0.149. The maximum atomic E-state index is 12.6. The van der Waals surface area contributed by atoms with Gasteiger partial charge < -0.3 is 14.2 Å². The zero-order valence-electron chi connectivity index (χ0n) is 19.7. The monoisotopic (exact) mass is 561 g/mol. The van der Waals surface area contributed by atoms with Crippen molar-refractivity contribution in [3.05, 3.63) is 69.6 Å². The van der Waals surface area contributed by atoms with E-state index in [4.69, 9.17) is 26.4 Å². The van der Waals surface area contributed by atoms with Gasteiger partial charge in [-0.1, -0.05) is 63.0 Å². The zero-order chi connectivity index (χ0) is 24.9. The summed E-state index contributed by atoms with van der Waals surface area (Å²) in [5.74, 6) is 1.80. The molecule has 0 atom stereocenters. The molecule has 1 aliphatic heterocycles. The number of thioether (sulfide) groups is 1. The van der Waals surface area contributed by atoms with Crippen molar-refractivity contribution in [2.45, 2.75) is 26.2 Å². The summed E-state index contributed by atoms with van der Waals surface area (Å²) in [6, 6.07) is 11.8. The van der Waals surface area contributed by atoms with E-state index in [-0.39, 0.29) is 11.3 Å². The van der Waals surface area contributed by atoms with Gasteiger partial charge >= 0.3 is 0 Å². The first-order chi connectivity index (χ1) is 16.1. The minimum absolute atomic E-state index is 0.104. The molecule has 0 saturated carbocycles. The molecule has 0 spiro atoms. The lowest BCUT2D eigenvalue weighted by molar-refractivity contribution is -0.121. The van der Waals surface area contributed by atoms with E-state index in [2.05, 4.69) is 55.4 Å². The van der Waals surface area contributed by atoms with Crippen LogP contribution in [0.1, 0.15) is 31.9 Å². The summed E-state index contributed by atoms with van der Waals surface area (Å²) in [5, 5.41) is 0. The van der Waals surface area contributed by atoms with Gasteiger partial charge in [-0.15, -0.1) is 6.58 Å². The van der Waals surface area contributed by atoms with Gasteiger partial charge in [-0.3, -0.25) is 9.69 Å². The Morgan fingerprint density at radius 2 is 1.82 bits per heavy atom. The molecule has 2 aromatic carbocycles. The van der Waals surface area contributed by atoms with Crippen molar-refractivity contribution < 1.29 is 19.0 Å². The van der Waals surface area contributed by atoms with E-state index in [0.717, 1.165) is 11.3 Å². The number of nitrogens with zero attached hydrogens (tertiary/aromatic N) is 1. The Hall–Kier alpha value is -2.29. The highest BCUT2D eigenvalue weighted by Crippen LogP contribution is 2.39. The van der Waals surface area contributed by atoms with Crippen molar-refractivity contribution in [2.75, 3.05) is 26.9 Å². The first-order valence-corrected chi connectivity index (χ1v) is 12.8. The topological polar surface area (TPSA) is 48.0 Å². The van der Waals surface area contributed by atoms with E-state index in [1.54, 1.807) is 19.3 Å². The molecule has 0 radical (unpaired) electrons. The standard InChI is InChI=1S/C26H28BrNO4S2/c1-6-11-28-24(29)22(34-25(28)33)16-17-14-20(27)23(21(15-17)30-5)32-13-12-31-19-9-7-18(8-10-19)26(2,3)4/h6-10,14-16H,1,11-13H2,2-5H3/b22-16+. The van der Waals surface area contributed by atoms with Gasteiger partial charge in [0, 0.05) is 6.54 Å². The van der Waals surface area contributed by atoms with Crippen LogP contribution in [0, 0.1) is 0 Å². The third kappa shape index (κ3) is 6.43. The van der Waals surface area contributed by atoms with E-state index in [9.17, 15) is 4.79 Å².